The number of carbonyl (C=O) groups excluding carboxylic acids is 1. The van der Waals surface area contributed by atoms with Crippen molar-refractivity contribution in [2.45, 2.75) is 37.8 Å². The van der Waals surface area contributed by atoms with Crippen molar-refractivity contribution >= 4 is 6.03 Å². The van der Waals surface area contributed by atoms with Gasteiger partial charge in [0.25, 0.3) is 0 Å². The Morgan fingerprint density at radius 3 is 2.22 bits per heavy atom. The van der Waals surface area contributed by atoms with Crippen molar-refractivity contribution in [2.24, 2.45) is 0 Å². The van der Waals surface area contributed by atoms with Gasteiger partial charge in [-0.3, -0.25) is 0 Å². The Labute approximate surface area is 189 Å². The molecule has 166 valence electrons. The molecule has 0 heterocycles. The molecule has 0 unspecified atom stereocenters. The van der Waals surface area contributed by atoms with Gasteiger partial charge in [0.15, 0.2) is 11.5 Å². The monoisotopic (exact) mass is 430 g/mol. The molecule has 0 atom stereocenters. The average Bonchev–Trinajstić information content (AvgIpc) is 3.67. The number of methoxy groups -OCH3 is 1. The van der Waals surface area contributed by atoms with Gasteiger partial charge in [-0.2, -0.15) is 0 Å². The highest BCUT2D eigenvalue weighted by atomic mass is 16.5. The first kappa shape index (κ1) is 21.8. The molecule has 1 fully saturated rings. The number of rotatable bonds is 9. The number of phenolic OH excluding ortho intramolecular Hbond substituents is 1. The summed E-state index contributed by atoms with van der Waals surface area (Å²) in [7, 11) is 1.53. The fraction of sp³-hybridized carbons (Fsp3) is 0.296. The predicted molar refractivity (Wildman–Crippen MR) is 126 cm³/mol. The molecule has 0 bridgehead atoms. The lowest BCUT2D eigenvalue weighted by Crippen LogP contribution is -2.41. The van der Waals surface area contributed by atoms with E-state index in [1.165, 1.54) is 18.2 Å². The number of carbonyl (C=O) groups is 1. The van der Waals surface area contributed by atoms with Crippen LogP contribution in [0, 0.1) is 0 Å². The van der Waals surface area contributed by atoms with Crippen LogP contribution in [0.2, 0.25) is 0 Å². The lowest BCUT2D eigenvalue weighted by atomic mass is 9.88. The summed E-state index contributed by atoms with van der Waals surface area (Å²) >= 11 is 0. The summed E-state index contributed by atoms with van der Waals surface area (Å²) < 4.78 is 5.21. The highest BCUT2D eigenvalue weighted by Crippen LogP contribution is 2.32. The second kappa shape index (κ2) is 10.2. The summed E-state index contributed by atoms with van der Waals surface area (Å²) in [5.74, 6) is 0.757. The molecule has 1 aliphatic rings. The van der Waals surface area contributed by atoms with Crippen LogP contribution in [0.1, 0.15) is 41.9 Å². The summed E-state index contributed by atoms with van der Waals surface area (Å²) in [6.07, 6.45) is 2.88. The van der Waals surface area contributed by atoms with E-state index in [1.54, 1.807) is 12.1 Å². The standard InChI is InChI=1S/C27H30N2O3/c1-32-26-18-20(12-15-25(26)30)19-29(23-13-14-23)27(31)28-17-16-24(21-8-4-2-5-9-21)22-10-6-3-7-11-22/h2-12,15,18,23-24,30H,13-14,16-17,19H2,1H3,(H,28,31). The van der Waals surface area contributed by atoms with E-state index in [1.807, 2.05) is 23.1 Å². The number of nitrogens with zero attached hydrogens (tertiary/aromatic N) is 1. The largest absolute Gasteiger partial charge is 0.504 e. The molecule has 0 radical (unpaired) electrons. The topological polar surface area (TPSA) is 61.8 Å². The molecule has 4 rings (SSSR count). The predicted octanol–water partition coefficient (Wildman–Crippen LogP) is 5.30. The molecule has 1 aliphatic carbocycles. The quantitative estimate of drug-likeness (QED) is 0.484. The first-order valence-electron chi connectivity index (χ1n) is 11.2. The Balaban J connectivity index is 1.40. The molecule has 0 saturated heterocycles. The fourth-order valence-electron chi connectivity index (χ4n) is 4.09. The smallest absolute Gasteiger partial charge is 0.317 e. The fourth-order valence-corrected chi connectivity index (χ4v) is 4.09. The molecule has 1 saturated carbocycles. The zero-order valence-electron chi connectivity index (χ0n) is 18.4. The van der Waals surface area contributed by atoms with Gasteiger partial charge in [-0.1, -0.05) is 66.7 Å². The van der Waals surface area contributed by atoms with Crippen LogP contribution in [-0.4, -0.2) is 35.7 Å². The number of hydrogen-bond donors (Lipinski definition) is 2. The number of aromatic hydroxyl groups is 1. The maximum Gasteiger partial charge on any atom is 0.317 e. The van der Waals surface area contributed by atoms with E-state index in [-0.39, 0.29) is 23.7 Å². The molecule has 3 aromatic carbocycles. The van der Waals surface area contributed by atoms with Crippen molar-refractivity contribution in [1.29, 1.82) is 0 Å². The van der Waals surface area contributed by atoms with Gasteiger partial charge in [-0.15, -0.1) is 0 Å². The van der Waals surface area contributed by atoms with Gasteiger partial charge in [0.05, 0.1) is 7.11 Å². The second-order valence-electron chi connectivity index (χ2n) is 8.26. The van der Waals surface area contributed by atoms with E-state index < -0.39 is 0 Å². The highest BCUT2D eigenvalue weighted by molar-refractivity contribution is 5.75. The minimum Gasteiger partial charge on any atom is -0.504 e. The minimum atomic E-state index is -0.0422. The summed E-state index contributed by atoms with van der Waals surface area (Å²) in [6, 6.07) is 26.4. The molecule has 5 nitrogen and oxygen atoms in total. The normalized spacial score (nSPS) is 13.1. The van der Waals surface area contributed by atoms with Gasteiger partial charge in [0, 0.05) is 25.0 Å². The molecule has 0 aliphatic heterocycles. The molecular weight excluding hydrogens is 400 g/mol. The van der Waals surface area contributed by atoms with Crippen molar-refractivity contribution in [3.8, 4) is 11.5 Å². The van der Waals surface area contributed by atoms with Crippen molar-refractivity contribution in [1.82, 2.24) is 10.2 Å². The van der Waals surface area contributed by atoms with E-state index >= 15 is 0 Å². The van der Waals surface area contributed by atoms with Gasteiger partial charge < -0.3 is 20.1 Å². The Morgan fingerprint density at radius 1 is 1.03 bits per heavy atom. The molecule has 0 aromatic heterocycles. The number of hydrogen-bond acceptors (Lipinski definition) is 3. The van der Waals surface area contributed by atoms with Crippen molar-refractivity contribution in [3.63, 3.8) is 0 Å². The summed E-state index contributed by atoms with van der Waals surface area (Å²) in [5.41, 5.74) is 3.44. The van der Waals surface area contributed by atoms with Crippen LogP contribution in [0.15, 0.2) is 78.9 Å². The highest BCUT2D eigenvalue weighted by Gasteiger charge is 2.32. The van der Waals surface area contributed by atoms with Gasteiger partial charge in [-0.05, 0) is 48.1 Å². The summed E-state index contributed by atoms with van der Waals surface area (Å²) in [4.78, 5) is 14.9. The third-order valence-electron chi connectivity index (χ3n) is 5.96. The van der Waals surface area contributed by atoms with Gasteiger partial charge in [-0.25, -0.2) is 4.79 Å². The Bertz CT molecular complexity index is 980. The van der Waals surface area contributed by atoms with Gasteiger partial charge >= 0.3 is 6.03 Å². The lowest BCUT2D eigenvalue weighted by Gasteiger charge is -2.24. The number of benzene rings is 3. The Hall–Kier alpha value is -3.47. The van der Waals surface area contributed by atoms with Crippen molar-refractivity contribution in [3.05, 3.63) is 95.6 Å². The van der Waals surface area contributed by atoms with E-state index in [4.69, 9.17) is 4.74 Å². The maximum atomic E-state index is 13.0. The molecule has 3 aromatic rings. The SMILES string of the molecule is COc1cc(CN(C(=O)NCCC(c2ccccc2)c2ccccc2)C2CC2)ccc1O. The molecule has 5 heteroatoms. The van der Waals surface area contributed by atoms with E-state index in [9.17, 15) is 9.90 Å². The number of amides is 2. The zero-order chi connectivity index (χ0) is 22.3. The summed E-state index contributed by atoms with van der Waals surface area (Å²) in [6.45, 7) is 1.09. The second-order valence-corrected chi connectivity index (χ2v) is 8.26. The van der Waals surface area contributed by atoms with Gasteiger partial charge in [0.1, 0.15) is 0 Å². The molecule has 0 spiro atoms. The van der Waals surface area contributed by atoms with Gasteiger partial charge in [0.2, 0.25) is 0 Å². The van der Waals surface area contributed by atoms with Crippen molar-refractivity contribution < 1.29 is 14.6 Å². The summed E-state index contributed by atoms with van der Waals surface area (Å²) in [5, 5.41) is 13.0. The van der Waals surface area contributed by atoms with Crippen LogP contribution in [0.25, 0.3) is 0 Å². The van der Waals surface area contributed by atoms with E-state index in [0.717, 1.165) is 24.8 Å². The molecular formula is C27H30N2O3. The molecule has 2 N–H and O–H groups in total. The third-order valence-corrected chi connectivity index (χ3v) is 5.96. The Morgan fingerprint density at radius 2 is 1.66 bits per heavy atom. The Kier molecular flexibility index (Phi) is 6.95. The van der Waals surface area contributed by atoms with Crippen LogP contribution in [-0.2, 0) is 6.54 Å². The van der Waals surface area contributed by atoms with Crippen LogP contribution in [0.4, 0.5) is 4.79 Å². The zero-order valence-corrected chi connectivity index (χ0v) is 18.4. The van der Waals surface area contributed by atoms with Crippen molar-refractivity contribution in [2.75, 3.05) is 13.7 Å². The number of phenols is 1. The first-order chi connectivity index (χ1) is 15.7. The lowest BCUT2D eigenvalue weighted by molar-refractivity contribution is 0.191. The van der Waals surface area contributed by atoms with Crippen LogP contribution in [0.3, 0.4) is 0 Å². The number of nitrogens with one attached hydrogen (secondary N) is 1. The number of urea groups is 1. The maximum absolute atomic E-state index is 13.0. The van der Waals surface area contributed by atoms with Crippen LogP contribution >= 0.6 is 0 Å². The van der Waals surface area contributed by atoms with Crippen LogP contribution < -0.4 is 10.1 Å². The first-order valence-corrected chi connectivity index (χ1v) is 11.2. The number of ether oxygens (including phenoxy) is 1. The van der Waals surface area contributed by atoms with E-state index in [0.29, 0.717) is 18.8 Å². The molecule has 2 amide bonds. The molecule has 32 heavy (non-hydrogen) atoms. The third kappa shape index (κ3) is 5.41. The minimum absolute atomic E-state index is 0.0422. The van der Waals surface area contributed by atoms with Crippen LogP contribution in [0.5, 0.6) is 11.5 Å². The van der Waals surface area contributed by atoms with E-state index in [2.05, 4.69) is 53.8 Å². The average molecular weight is 431 g/mol.